The summed E-state index contributed by atoms with van der Waals surface area (Å²) in [5.41, 5.74) is 8.92. The number of nitrogen functional groups attached to an aromatic ring is 1. The highest BCUT2D eigenvalue weighted by molar-refractivity contribution is 6.31. The minimum Gasteiger partial charge on any atom is -0.399 e. The van der Waals surface area contributed by atoms with Crippen LogP contribution in [0.4, 0.5) is 11.4 Å². The third-order valence-electron chi connectivity index (χ3n) is 3.81. The lowest BCUT2D eigenvalue weighted by molar-refractivity contribution is -0.118. The van der Waals surface area contributed by atoms with Crippen molar-refractivity contribution in [1.29, 1.82) is 0 Å². The molecule has 0 fully saturated rings. The maximum absolute atomic E-state index is 12.5. The Kier molecular flexibility index (Phi) is 3.96. The molecule has 1 unspecified atom stereocenters. The summed E-state index contributed by atoms with van der Waals surface area (Å²) in [5.74, 6) is -0.169. The average molecular weight is 329 g/mol. The summed E-state index contributed by atoms with van der Waals surface area (Å²) in [7, 11) is 0. The third kappa shape index (κ3) is 3.00. The number of nitrogens with zero attached hydrogens (tertiary/aromatic N) is 2. The molecule has 1 amide bonds. The van der Waals surface area contributed by atoms with E-state index in [9.17, 15) is 4.79 Å². The van der Waals surface area contributed by atoms with Gasteiger partial charge in [-0.1, -0.05) is 17.7 Å². The number of carbonyl (C=O) groups excluding carboxylic acids is 1. The molecule has 3 rings (SSSR count). The van der Waals surface area contributed by atoms with E-state index in [0.29, 0.717) is 16.4 Å². The van der Waals surface area contributed by atoms with Crippen LogP contribution in [0.3, 0.4) is 0 Å². The lowest BCUT2D eigenvalue weighted by atomic mass is 10.2. The Morgan fingerprint density at radius 3 is 2.83 bits per heavy atom. The van der Waals surface area contributed by atoms with Gasteiger partial charge in [0.1, 0.15) is 6.04 Å². The van der Waals surface area contributed by atoms with E-state index in [4.69, 9.17) is 17.3 Å². The van der Waals surface area contributed by atoms with Crippen LogP contribution in [-0.4, -0.2) is 15.7 Å². The molecule has 3 aromatic rings. The van der Waals surface area contributed by atoms with Crippen molar-refractivity contribution >= 4 is 39.8 Å². The number of carbonyl (C=O) groups is 1. The molecule has 3 N–H and O–H groups in total. The molecule has 118 valence electrons. The zero-order chi connectivity index (χ0) is 16.6. The van der Waals surface area contributed by atoms with E-state index in [1.54, 1.807) is 23.9 Å². The zero-order valence-corrected chi connectivity index (χ0v) is 13.6. The standard InChI is InChI=1S/C17H17ClN4O/c1-10-3-6-14(8-15(10)18)21-17(23)11(2)22-16-7-13(19)5-4-12(16)9-20-22/h3-9,11H,19H2,1-2H3,(H,21,23). The lowest BCUT2D eigenvalue weighted by Gasteiger charge is -2.14. The Morgan fingerprint density at radius 1 is 1.30 bits per heavy atom. The minimum absolute atomic E-state index is 0.169. The fourth-order valence-electron chi connectivity index (χ4n) is 2.39. The van der Waals surface area contributed by atoms with E-state index in [-0.39, 0.29) is 5.91 Å². The second-order valence-electron chi connectivity index (χ2n) is 5.54. The number of fused-ring (bicyclic) bond motifs is 1. The molecule has 0 radical (unpaired) electrons. The van der Waals surface area contributed by atoms with E-state index < -0.39 is 6.04 Å². The molecule has 0 bridgehead atoms. The summed E-state index contributed by atoms with van der Waals surface area (Å²) in [6.07, 6.45) is 1.72. The average Bonchev–Trinajstić information content (AvgIpc) is 2.93. The van der Waals surface area contributed by atoms with Crippen molar-refractivity contribution in [3.05, 3.63) is 53.2 Å². The first-order valence-electron chi connectivity index (χ1n) is 7.25. The molecule has 23 heavy (non-hydrogen) atoms. The molecule has 0 spiro atoms. The summed E-state index contributed by atoms with van der Waals surface area (Å²) in [5, 5.41) is 8.73. The van der Waals surface area contributed by atoms with Crippen molar-refractivity contribution in [2.75, 3.05) is 11.1 Å². The number of benzene rings is 2. The summed E-state index contributed by atoms with van der Waals surface area (Å²) in [4.78, 5) is 12.5. The fourth-order valence-corrected chi connectivity index (χ4v) is 2.57. The van der Waals surface area contributed by atoms with E-state index >= 15 is 0 Å². The number of aryl methyl sites for hydroxylation is 1. The molecule has 0 aliphatic heterocycles. The highest BCUT2D eigenvalue weighted by atomic mass is 35.5. The molecule has 5 nitrogen and oxygen atoms in total. The lowest BCUT2D eigenvalue weighted by Crippen LogP contribution is -2.24. The Balaban J connectivity index is 1.86. The Labute approximate surface area is 139 Å². The van der Waals surface area contributed by atoms with Crippen molar-refractivity contribution in [2.45, 2.75) is 19.9 Å². The molecule has 0 aliphatic rings. The van der Waals surface area contributed by atoms with Gasteiger partial charge in [-0.25, -0.2) is 0 Å². The predicted molar refractivity (Wildman–Crippen MR) is 93.7 cm³/mol. The maximum atomic E-state index is 12.5. The van der Waals surface area contributed by atoms with Gasteiger partial charge in [-0.05, 0) is 49.7 Å². The Hall–Kier alpha value is -2.53. The topological polar surface area (TPSA) is 72.9 Å². The number of hydrogen-bond acceptors (Lipinski definition) is 3. The number of aromatic nitrogens is 2. The Bertz CT molecular complexity index is 887. The predicted octanol–water partition coefficient (Wildman–Crippen LogP) is 3.78. The number of rotatable bonds is 3. The monoisotopic (exact) mass is 328 g/mol. The highest BCUT2D eigenvalue weighted by Crippen LogP contribution is 2.23. The first-order valence-corrected chi connectivity index (χ1v) is 7.63. The van der Waals surface area contributed by atoms with Crippen LogP contribution in [-0.2, 0) is 4.79 Å². The molecule has 6 heteroatoms. The molecule has 0 saturated carbocycles. The van der Waals surface area contributed by atoms with E-state index in [2.05, 4.69) is 10.4 Å². The molecular weight excluding hydrogens is 312 g/mol. The quantitative estimate of drug-likeness (QED) is 0.719. The van der Waals surface area contributed by atoms with E-state index in [0.717, 1.165) is 16.5 Å². The van der Waals surface area contributed by atoms with Gasteiger partial charge in [-0.2, -0.15) is 5.10 Å². The number of nitrogens with one attached hydrogen (secondary N) is 1. The van der Waals surface area contributed by atoms with Gasteiger partial charge in [0.05, 0.1) is 11.7 Å². The molecule has 0 aliphatic carbocycles. The summed E-state index contributed by atoms with van der Waals surface area (Å²) < 4.78 is 1.66. The van der Waals surface area contributed by atoms with E-state index in [1.165, 1.54) is 0 Å². The number of hydrogen-bond donors (Lipinski definition) is 2. The fraction of sp³-hybridized carbons (Fsp3) is 0.176. The molecular formula is C17H17ClN4O. The number of anilines is 2. The van der Waals surface area contributed by atoms with Crippen molar-refractivity contribution in [2.24, 2.45) is 0 Å². The number of nitrogens with two attached hydrogens (primary N) is 1. The minimum atomic E-state index is -0.477. The highest BCUT2D eigenvalue weighted by Gasteiger charge is 2.18. The molecule has 2 aromatic carbocycles. The molecule has 1 aromatic heterocycles. The Morgan fingerprint density at radius 2 is 2.09 bits per heavy atom. The smallest absolute Gasteiger partial charge is 0.248 e. The number of amides is 1. The molecule has 0 saturated heterocycles. The van der Waals surface area contributed by atoms with Gasteiger partial charge in [0.25, 0.3) is 0 Å². The van der Waals surface area contributed by atoms with Crippen molar-refractivity contribution in [1.82, 2.24) is 9.78 Å². The second kappa shape index (κ2) is 5.93. The van der Waals surface area contributed by atoms with E-state index in [1.807, 2.05) is 37.3 Å². The van der Waals surface area contributed by atoms with Gasteiger partial charge >= 0.3 is 0 Å². The molecule has 1 atom stereocenters. The van der Waals surface area contributed by atoms with Crippen LogP contribution in [0.5, 0.6) is 0 Å². The summed E-state index contributed by atoms with van der Waals surface area (Å²) in [6.45, 7) is 3.71. The van der Waals surface area contributed by atoms with Crippen LogP contribution in [0.1, 0.15) is 18.5 Å². The van der Waals surface area contributed by atoms with Crippen LogP contribution >= 0.6 is 11.6 Å². The normalized spacial score (nSPS) is 12.3. The summed E-state index contributed by atoms with van der Waals surface area (Å²) >= 11 is 6.09. The van der Waals surface area contributed by atoms with Crippen molar-refractivity contribution in [3.63, 3.8) is 0 Å². The van der Waals surface area contributed by atoms with Crippen LogP contribution < -0.4 is 11.1 Å². The first-order chi connectivity index (χ1) is 11.0. The SMILES string of the molecule is Cc1ccc(NC(=O)C(C)n2ncc3ccc(N)cc32)cc1Cl. The van der Waals surface area contributed by atoms with Crippen LogP contribution in [0.15, 0.2) is 42.6 Å². The van der Waals surface area contributed by atoms with Crippen LogP contribution in [0.25, 0.3) is 10.9 Å². The van der Waals surface area contributed by atoms with Crippen LogP contribution in [0, 0.1) is 6.92 Å². The largest absolute Gasteiger partial charge is 0.399 e. The van der Waals surface area contributed by atoms with Crippen molar-refractivity contribution < 1.29 is 4.79 Å². The summed E-state index contributed by atoms with van der Waals surface area (Å²) in [6, 6.07) is 10.5. The van der Waals surface area contributed by atoms with Crippen LogP contribution in [0.2, 0.25) is 5.02 Å². The first kappa shape index (κ1) is 15.4. The molecule has 1 heterocycles. The van der Waals surface area contributed by atoms with Gasteiger partial charge in [0, 0.05) is 21.8 Å². The third-order valence-corrected chi connectivity index (χ3v) is 4.22. The van der Waals surface area contributed by atoms with Crippen molar-refractivity contribution in [3.8, 4) is 0 Å². The van der Waals surface area contributed by atoms with Gasteiger partial charge in [0.15, 0.2) is 0 Å². The number of halogens is 1. The van der Waals surface area contributed by atoms with Gasteiger partial charge in [-0.15, -0.1) is 0 Å². The zero-order valence-electron chi connectivity index (χ0n) is 12.9. The van der Waals surface area contributed by atoms with Gasteiger partial charge < -0.3 is 11.1 Å². The second-order valence-corrected chi connectivity index (χ2v) is 5.94. The van der Waals surface area contributed by atoms with Gasteiger partial charge in [-0.3, -0.25) is 9.48 Å². The van der Waals surface area contributed by atoms with Gasteiger partial charge in [0.2, 0.25) is 5.91 Å². The maximum Gasteiger partial charge on any atom is 0.248 e.